The first-order valence-corrected chi connectivity index (χ1v) is 13.2. The van der Waals surface area contributed by atoms with Crippen molar-refractivity contribution < 1.29 is 19.5 Å². The highest BCUT2D eigenvalue weighted by Crippen LogP contribution is 2.32. The van der Waals surface area contributed by atoms with Gasteiger partial charge < -0.3 is 25.5 Å². The molecule has 3 heterocycles. The zero-order valence-corrected chi connectivity index (χ0v) is 21.7. The molecule has 2 aliphatic heterocycles. The Labute approximate surface area is 222 Å². The SMILES string of the molecule is CON=C(C(=O)N1CCC(Nc2cc(C(=O)NCC(O)CN3CCc4ccccc4C3)ncn2)C1)C1CC1. The fraction of sp³-hybridized carbons (Fsp3) is 0.519. The van der Waals surface area contributed by atoms with E-state index >= 15 is 0 Å². The largest absolute Gasteiger partial charge is 0.399 e. The van der Waals surface area contributed by atoms with Crippen LogP contribution in [-0.4, -0.2) is 94.4 Å². The Hall–Kier alpha value is -3.57. The molecule has 0 bridgehead atoms. The van der Waals surface area contributed by atoms with Gasteiger partial charge in [-0.3, -0.25) is 14.5 Å². The van der Waals surface area contributed by atoms with E-state index in [9.17, 15) is 14.7 Å². The van der Waals surface area contributed by atoms with E-state index in [1.54, 1.807) is 11.0 Å². The topological polar surface area (TPSA) is 132 Å². The molecule has 3 aliphatic rings. The number of oxime groups is 1. The maximum absolute atomic E-state index is 12.9. The number of hydrogen-bond acceptors (Lipinski definition) is 9. The molecule has 0 radical (unpaired) electrons. The van der Waals surface area contributed by atoms with Crippen molar-refractivity contribution in [1.82, 2.24) is 25.1 Å². The molecule has 2 atom stereocenters. The number of rotatable bonds is 10. The van der Waals surface area contributed by atoms with Crippen LogP contribution in [0.4, 0.5) is 5.82 Å². The van der Waals surface area contributed by atoms with E-state index in [4.69, 9.17) is 4.84 Å². The Kier molecular flexibility index (Phi) is 8.14. The number of aromatic nitrogens is 2. The van der Waals surface area contributed by atoms with Gasteiger partial charge in [-0.2, -0.15) is 0 Å². The van der Waals surface area contributed by atoms with E-state index in [1.165, 1.54) is 24.6 Å². The van der Waals surface area contributed by atoms with Gasteiger partial charge in [0.15, 0.2) is 0 Å². The van der Waals surface area contributed by atoms with Gasteiger partial charge in [0.25, 0.3) is 11.8 Å². The van der Waals surface area contributed by atoms with Crippen LogP contribution in [0.3, 0.4) is 0 Å². The lowest BCUT2D eigenvalue weighted by atomic mass is 10.00. The van der Waals surface area contributed by atoms with Crippen LogP contribution in [0.1, 0.15) is 40.9 Å². The summed E-state index contributed by atoms with van der Waals surface area (Å²) in [7, 11) is 1.46. The number of amides is 2. The molecule has 2 aromatic rings. The van der Waals surface area contributed by atoms with Crippen LogP contribution >= 0.6 is 0 Å². The van der Waals surface area contributed by atoms with E-state index < -0.39 is 6.10 Å². The molecule has 1 aliphatic carbocycles. The quantitative estimate of drug-likeness (QED) is 0.312. The number of hydrogen-bond donors (Lipinski definition) is 3. The number of β-amino-alcohol motifs (C(OH)–C–C–N with tert-alkyl or cyclic N) is 1. The summed E-state index contributed by atoms with van der Waals surface area (Å²) in [5.41, 5.74) is 3.37. The predicted octanol–water partition coefficient (Wildman–Crippen LogP) is 1.05. The molecule has 5 rings (SSSR count). The van der Waals surface area contributed by atoms with Gasteiger partial charge >= 0.3 is 0 Å². The molecule has 0 spiro atoms. The summed E-state index contributed by atoms with van der Waals surface area (Å²) in [5.74, 6) is 0.276. The fourth-order valence-electron chi connectivity index (χ4n) is 5.11. The highest BCUT2D eigenvalue weighted by molar-refractivity contribution is 6.40. The van der Waals surface area contributed by atoms with Gasteiger partial charge in [0.1, 0.15) is 30.7 Å². The number of fused-ring (bicyclic) bond motifs is 1. The van der Waals surface area contributed by atoms with Crippen LogP contribution in [0.25, 0.3) is 0 Å². The van der Waals surface area contributed by atoms with Crippen molar-refractivity contribution in [1.29, 1.82) is 0 Å². The summed E-state index contributed by atoms with van der Waals surface area (Å²) in [6.45, 7) is 3.44. The molecule has 3 N–H and O–H groups in total. The first-order chi connectivity index (χ1) is 18.5. The zero-order chi connectivity index (χ0) is 26.5. The fourth-order valence-corrected chi connectivity index (χ4v) is 5.11. The Balaban J connectivity index is 1.08. The van der Waals surface area contributed by atoms with Crippen molar-refractivity contribution in [3.63, 3.8) is 0 Å². The number of aliphatic hydroxyl groups excluding tert-OH is 1. The van der Waals surface area contributed by atoms with Crippen molar-refractivity contribution >= 4 is 23.3 Å². The van der Waals surface area contributed by atoms with Crippen molar-refractivity contribution in [2.75, 3.05) is 45.2 Å². The number of carbonyl (C=O) groups excluding carboxylic acids is 2. The second-order valence-corrected chi connectivity index (χ2v) is 10.2. The Bertz CT molecular complexity index is 1190. The molecule has 11 nitrogen and oxygen atoms in total. The number of aliphatic hydroxyl groups is 1. The van der Waals surface area contributed by atoms with E-state index in [1.807, 2.05) is 6.07 Å². The van der Waals surface area contributed by atoms with Gasteiger partial charge in [-0.05, 0) is 36.8 Å². The van der Waals surface area contributed by atoms with Crippen molar-refractivity contribution in [3.8, 4) is 0 Å². The maximum Gasteiger partial charge on any atom is 0.272 e. The minimum atomic E-state index is -0.687. The second kappa shape index (κ2) is 11.9. The average Bonchev–Trinajstić information content (AvgIpc) is 3.67. The summed E-state index contributed by atoms with van der Waals surface area (Å²) in [5, 5.41) is 20.6. The summed E-state index contributed by atoms with van der Waals surface area (Å²) in [6.07, 6.45) is 4.31. The number of nitrogens with zero attached hydrogens (tertiary/aromatic N) is 5. The molecule has 202 valence electrons. The molecular formula is C27H35N7O4. The van der Waals surface area contributed by atoms with Crippen molar-refractivity contribution in [2.24, 2.45) is 11.1 Å². The van der Waals surface area contributed by atoms with Crippen LogP contribution in [0, 0.1) is 5.92 Å². The minimum Gasteiger partial charge on any atom is -0.399 e. The van der Waals surface area contributed by atoms with E-state index in [0.29, 0.717) is 31.2 Å². The molecule has 1 saturated heterocycles. The number of benzene rings is 1. The van der Waals surface area contributed by atoms with E-state index in [-0.39, 0.29) is 36.0 Å². The number of likely N-dealkylation sites (tertiary alicyclic amines) is 1. The molecule has 2 fully saturated rings. The average molecular weight is 522 g/mol. The zero-order valence-electron chi connectivity index (χ0n) is 21.7. The first-order valence-electron chi connectivity index (χ1n) is 13.2. The summed E-state index contributed by atoms with van der Waals surface area (Å²) in [6, 6.07) is 9.96. The van der Waals surface area contributed by atoms with E-state index in [0.717, 1.165) is 38.8 Å². The summed E-state index contributed by atoms with van der Waals surface area (Å²) < 4.78 is 0. The molecule has 38 heavy (non-hydrogen) atoms. The molecule has 11 heteroatoms. The molecule has 1 saturated carbocycles. The number of carbonyl (C=O) groups is 2. The van der Waals surface area contributed by atoms with E-state index in [2.05, 4.69) is 48.9 Å². The van der Waals surface area contributed by atoms with Gasteiger partial charge in [-0.1, -0.05) is 29.4 Å². The lowest BCUT2D eigenvalue weighted by Gasteiger charge is -2.30. The number of anilines is 1. The van der Waals surface area contributed by atoms with Crippen LogP contribution < -0.4 is 10.6 Å². The third-order valence-corrected chi connectivity index (χ3v) is 7.28. The third-order valence-electron chi connectivity index (χ3n) is 7.28. The highest BCUT2D eigenvalue weighted by Gasteiger charge is 2.37. The van der Waals surface area contributed by atoms with Gasteiger partial charge in [0.2, 0.25) is 0 Å². The van der Waals surface area contributed by atoms with Crippen LogP contribution in [0.15, 0.2) is 41.8 Å². The standard InChI is InChI=1S/C27H35N7O4/c1-38-32-25(19-6-7-19)27(37)34-11-9-21(15-34)31-24-12-23(29-17-30-24)26(36)28-13-22(35)16-33-10-8-18-4-2-3-5-20(18)14-33/h2-5,12,17,19,21-22,35H,6-11,13-16H2,1H3,(H,28,36)(H,29,30,31). The smallest absolute Gasteiger partial charge is 0.272 e. The second-order valence-electron chi connectivity index (χ2n) is 10.2. The number of nitrogens with one attached hydrogen (secondary N) is 2. The maximum atomic E-state index is 12.9. The first kappa shape index (κ1) is 26.1. The van der Waals surface area contributed by atoms with Gasteiger partial charge in [0, 0.05) is 57.3 Å². The molecule has 2 unspecified atom stereocenters. The highest BCUT2D eigenvalue weighted by atomic mass is 16.6. The lowest BCUT2D eigenvalue weighted by molar-refractivity contribution is -0.123. The minimum absolute atomic E-state index is 0.00394. The van der Waals surface area contributed by atoms with Gasteiger partial charge in [-0.25, -0.2) is 9.97 Å². The summed E-state index contributed by atoms with van der Waals surface area (Å²) in [4.78, 5) is 42.8. The molecule has 1 aromatic carbocycles. The van der Waals surface area contributed by atoms with Crippen LogP contribution in [-0.2, 0) is 22.6 Å². The Morgan fingerprint density at radius 3 is 2.79 bits per heavy atom. The summed E-state index contributed by atoms with van der Waals surface area (Å²) >= 11 is 0. The monoisotopic (exact) mass is 521 g/mol. The molecular weight excluding hydrogens is 486 g/mol. The molecule has 2 amide bonds. The third kappa shape index (κ3) is 6.46. The lowest BCUT2D eigenvalue weighted by Crippen LogP contribution is -2.42. The molecule has 1 aromatic heterocycles. The van der Waals surface area contributed by atoms with Crippen LogP contribution in [0.5, 0.6) is 0 Å². The van der Waals surface area contributed by atoms with Crippen molar-refractivity contribution in [2.45, 2.75) is 44.4 Å². The normalized spacial score (nSPS) is 20.5. The van der Waals surface area contributed by atoms with Gasteiger partial charge in [-0.15, -0.1) is 0 Å². The Morgan fingerprint density at radius 2 is 2.00 bits per heavy atom. The predicted molar refractivity (Wildman–Crippen MR) is 142 cm³/mol. The van der Waals surface area contributed by atoms with Gasteiger partial charge in [0.05, 0.1) is 6.10 Å². The van der Waals surface area contributed by atoms with Crippen molar-refractivity contribution in [3.05, 3.63) is 53.5 Å². The van der Waals surface area contributed by atoms with Crippen LogP contribution in [0.2, 0.25) is 0 Å². The Morgan fingerprint density at radius 1 is 1.18 bits per heavy atom.